The third-order valence-corrected chi connectivity index (χ3v) is 12.2. The third-order valence-electron chi connectivity index (χ3n) is 12.2. The Balaban J connectivity index is 1.63. The van der Waals surface area contributed by atoms with Gasteiger partial charge in [-0.15, -0.1) is 0 Å². The summed E-state index contributed by atoms with van der Waals surface area (Å²) in [7, 11) is 0. The highest BCUT2D eigenvalue weighted by molar-refractivity contribution is 6.02. The maximum atomic E-state index is 14.4. The lowest BCUT2D eigenvalue weighted by Gasteiger charge is -2.68. The minimum absolute atomic E-state index is 0.0180. The highest BCUT2D eigenvalue weighted by Gasteiger charge is 2.69. The maximum Gasteiger partial charge on any atom is 0.407 e. The van der Waals surface area contributed by atoms with Crippen molar-refractivity contribution in [1.29, 1.82) is 5.26 Å². The Morgan fingerprint density at radius 2 is 1.72 bits per heavy atom. The predicted molar refractivity (Wildman–Crippen MR) is 149 cm³/mol. The second kappa shape index (κ2) is 8.79. The van der Waals surface area contributed by atoms with Crippen molar-refractivity contribution in [2.45, 2.75) is 112 Å². The van der Waals surface area contributed by atoms with E-state index in [9.17, 15) is 19.6 Å². The van der Waals surface area contributed by atoms with E-state index in [1.165, 1.54) is 0 Å². The first-order valence-corrected chi connectivity index (χ1v) is 15.0. The van der Waals surface area contributed by atoms with Crippen LogP contribution in [0.25, 0.3) is 0 Å². The Morgan fingerprint density at radius 1 is 1.05 bits per heavy atom. The maximum absolute atomic E-state index is 14.4. The van der Waals surface area contributed by atoms with Gasteiger partial charge in [-0.05, 0) is 93.0 Å². The van der Waals surface area contributed by atoms with Crippen LogP contribution in [0.15, 0.2) is 23.3 Å². The first kappa shape index (κ1) is 28.1. The number of hydrogen-bond acceptors (Lipinski definition) is 5. The van der Waals surface area contributed by atoms with Gasteiger partial charge < -0.3 is 10.1 Å². The largest absolute Gasteiger partial charge is 0.447 e. The molecular formula is C33H46N2O4. The van der Waals surface area contributed by atoms with Gasteiger partial charge in [0.25, 0.3) is 0 Å². The van der Waals surface area contributed by atoms with E-state index in [2.05, 4.69) is 46.0 Å². The fourth-order valence-electron chi connectivity index (χ4n) is 9.92. The van der Waals surface area contributed by atoms with E-state index in [1.807, 2.05) is 32.9 Å². The van der Waals surface area contributed by atoms with Crippen LogP contribution in [0.4, 0.5) is 4.79 Å². The molecule has 8 atom stereocenters. The van der Waals surface area contributed by atoms with Gasteiger partial charge in [-0.1, -0.05) is 53.2 Å². The molecule has 0 aromatic rings. The first-order valence-electron chi connectivity index (χ1n) is 15.0. The molecule has 0 saturated heterocycles. The normalized spacial score (nSPS) is 44.5. The van der Waals surface area contributed by atoms with Crippen LogP contribution in [-0.2, 0) is 14.3 Å². The first-order chi connectivity index (χ1) is 18.0. The summed E-state index contributed by atoms with van der Waals surface area (Å²) in [5, 5.41) is 13.1. The number of fused-ring (bicyclic) bond motifs is 7. The minimum atomic E-state index is -0.505. The van der Waals surface area contributed by atoms with E-state index in [1.54, 1.807) is 0 Å². The third kappa shape index (κ3) is 3.89. The SMILES string of the molecule is CC(C)OC(=O)N[C@]12CCC(C)(C)CC1C1C(=O)C=C3[C@@]4(C)C=C(C#N)C(=O)[C@@H](C)C4CC[C@@]3(C)[C@]1(C)CC2. The van der Waals surface area contributed by atoms with E-state index in [0.29, 0.717) is 0 Å². The molecule has 5 aliphatic carbocycles. The number of carbonyl (C=O) groups is 3. The van der Waals surface area contributed by atoms with Gasteiger partial charge in [-0.2, -0.15) is 5.26 Å². The van der Waals surface area contributed by atoms with Crippen LogP contribution in [0.3, 0.4) is 0 Å². The molecule has 5 aliphatic rings. The van der Waals surface area contributed by atoms with E-state index < -0.39 is 11.0 Å². The lowest BCUT2D eigenvalue weighted by Crippen LogP contribution is -2.69. The fourth-order valence-corrected chi connectivity index (χ4v) is 9.92. The molecule has 0 bridgehead atoms. The van der Waals surface area contributed by atoms with E-state index in [0.717, 1.165) is 50.5 Å². The number of Topliss-reactive ketones (excluding diaryl/α,β-unsaturated/α-hetero) is 1. The summed E-state index contributed by atoms with van der Waals surface area (Å²) in [6, 6.07) is 2.16. The zero-order valence-electron chi connectivity index (χ0n) is 25.1. The second-order valence-electron chi connectivity index (χ2n) is 15.1. The predicted octanol–water partition coefficient (Wildman–Crippen LogP) is 6.70. The van der Waals surface area contributed by atoms with Crippen LogP contribution in [0.2, 0.25) is 0 Å². The highest BCUT2D eigenvalue weighted by atomic mass is 16.6. The van der Waals surface area contributed by atoms with Crippen molar-refractivity contribution in [3.05, 3.63) is 23.3 Å². The molecule has 212 valence electrons. The zero-order chi connectivity index (χ0) is 28.8. The molecule has 0 aromatic carbocycles. The van der Waals surface area contributed by atoms with Gasteiger partial charge in [0, 0.05) is 22.8 Å². The summed E-state index contributed by atoms with van der Waals surface area (Å²) in [6.45, 7) is 17.0. The van der Waals surface area contributed by atoms with Crippen LogP contribution in [0, 0.1) is 56.7 Å². The minimum Gasteiger partial charge on any atom is -0.447 e. The molecule has 0 heterocycles. The molecule has 6 heteroatoms. The Hall–Kier alpha value is -2.42. The van der Waals surface area contributed by atoms with Crippen LogP contribution < -0.4 is 5.32 Å². The van der Waals surface area contributed by atoms with Crippen molar-refractivity contribution < 1.29 is 19.1 Å². The molecule has 1 amide bonds. The van der Waals surface area contributed by atoms with E-state index in [-0.39, 0.29) is 69.3 Å². The van der Waals surface area contributed by atoms with Crippen molar-refractivity contribution in [3.63, 3.8) is 0 Å². The Labute approximate surface area is 234 Å². The Kier molecular flexibility index (Phi) is 6.34. The van der Waals surface area contributed by atoms with Gasteiger partial charge in [0.2, 0.25) is 0 Å². The molecule has 39 heavy (non-hydrogen) atoms. The average molecular weight is 535 g/mol. The van der Waals surface area contributed by atoms with Gasteiger partial charge in [0.15, 0.2) is 11.6 Å². The van der Waals surface area contributed by atoms with Crippen molar-refractivity contribution >= 4 is 17.7 Å². The summed E-state index contributed by atoms with van der Waals surface area (Å²) in [5.74, 6) is -0.269. The van der Waals surface area contributed by atoms with Gasteiger partial charge in [-0.3, -0.25) is 9.59 Å². The number of allylic oxidation sites excluding steroid dienone is 4. The van der Waals surface area contributed by atoms with Gasteiger partial charge in [0.1, 0.15) is 6.07 Å². The van der Waals surface area contributed by atoms with Crippen molar-refractivity contribution in [1.82, 2.24) is 5.32 Å². The topological polar surface area (TPSA) is 96.3 Å². The number of carbonyl (C=O) groups excluding carboxylic acids is 3. The quantitative estimate of drug-likeness (QED) is 0.425. The lowest BCUT2D eigenvalue weighted by atomic mass is 9.36. The number of nitrogens with zero attached hydrogens (tertiary/aromatic N) is 1. The van der Waals surface area contributed by atoms with E-state index >= 15 is 0 Å². The van der Waals surface area contributed by atoms with Crippen molar-refractivity contribution in [2.24, 2.45) is 45.3 Å². The molecule has 1 N–H and O–H groups in total. The molecule has 0 spiro atoms. The molecule has 0 aromatic heterocycles. The van der Waals surface area contributed by atoms with Crippen molar-refractivity contribution in [2.75, 3.05) is 0 Å². The van der Waals surface area contributed by atoms with Crippen molar-refractivity contribution in [3.8, 4) is 6.07 Å². The molecule has 5 rings (SSSR count). The Morgan fingerprint density at radius 3 is 2.36 bits per heavy atom. The summed E-state index contributed by atoms with van der Waals surface area (Å²) in [6.07, 6.45) is 9.39. The van der Waals surface area contributed by atoms with Crippen LogP contribution in [0.1, 0.15) is 100 Å². The number of alkyl carbamates (subject to hydrolysis) is 1. The average Bonchev–Trinajstić information content (AvgIpc) is 2.83. The number of ketones is 2. The molecule has 3 fully saturated rings. The molecule has 3 saturated carbocycles. The van der Waals surface area contributed by atoms with Crippen LogP contribution in [-0.4, -0.2) is 29.3 Å². The van der Waals surface area contributed by atoms with Gasteiger partial charge in [0.05, 0.1) is 11.7 Å². The zero-order valence-corrected chi connectivity index (χ0v) is 25.1. The fraction of sp³-hybridized carbons (Fsp3) is 0.758. The van der Waals surface area contributed by atoms with Gasteiger partial charge in [-0.25, -0.2) is 4.79 Å². The number of nitrogens with one attached hydrogen (secondary N) is 1. The number of hydrogen-bond donors (Lipinski definition) is 1. The van der Waals surface area contributed by atoms with Gasteiger partial charge >= 0.3 is 6.09 Å². The number of ether oxygens (including phenoxy) is 1. The monoisotopic (exact) mass is 534 g/mol. The van der Waals surface area contributed by atoms with E-state index in [4.69, 9.17) is 4.74 Å². The molecule has 0 radical (unpaired) electrons. The van der Waals surface area contributed by atoms with Crippen LogP contribution >= 0.6 is 0 Å². The molecule has 6 nitrogen and oxygen atoms in total. The molecule has 3 unspecified atom stereocenters. The van der Waals surface area contributed by atoms with Crippen LogP contribution in [0.5, 0.6) is 0 Å². The summed E-state index contributed by atoms with van der Waals surface area (Å²) in [4.78, 5) is 40.3. The molecular weight excluding hydrogens is 488 g/mol. The summed E-state index contributed by atoms with van der Waals surface area (Å²) < 4.78 is 5.55. The smallest absolute Gasteiger partial charge is 0.407 e. The summed E-state index contributed by atoms with van der Waals surface area (Å²) >= 11 is 0. The molecule has 0 aliphatic heterocycles. The Bertz CT molecular complexity index is 1220. The highest BCUT2D eigenvalue weighted by Crippen LogP contribution is 2.72. The second-order valence-corrected chi connectivity index (χ2v) is 15.1. The standard InChI is InChI=1S/C33H46N2O4/c1-19(2)39-28(38)35-33-13-11-29(4,5)17-23(33)26-24(36)15-25-30(6)16-21(18-34)27(37)20(3)22(30)9-10-31(25,7)32(26,8)12-14-33/h15-16,19-20,22-23,26H,9-14,17H2,1-8H3,(H,35,38)/t20-,22?,23?,26?,30-,31+,32+,33-/m0/s1. The number of nitriles is 1. The number of amides is 1. The lowest BCUT2D eigenvalue weighted by molar-refractivity contribution is -0.159. The number of rotatable bonds is 2. The summed E-state index contributed by atoms with van der Waals surface area (Å²) in [5.41, 5.74) is -0.0844.